The zero-order valence-corrected chi connectivity index (χ0v) is 15.5. The van der Waals surface area contributed by atoms with Gasteiger partial charge < -0.3 is 5.32 Å². The van der Waals surface area contributed by atoms with Crippen molar-refractivity contribution in [2.75, 3.05) is 5.32 Å². The number of anilines is 1. The quantitative estimate of drug-likeness (QED) is 0.604. The van der Waals surface area contributed by atoms with E-state index in [1.54, 1.807) is 10.7 Å². The van der Waals surface area contributed by atoms with E-state index in [-0.39, 0.29) is 5.91 Å². The van der Waals surface area contributed by atoms with Gasteiger partial charge in [0.25, 0.3) is 5.78 Å². The van der Waals surface area contributed by atoms with Gasteiger partial charge in [0.1, 0.15) is 6.33 Å². The van der Waals surface area contributed by atoms with Gasteiger partial charge in [-0.05, 0) is 56.5 Å². The van der Waals surface area contributed by atoms with Crippen molar-refractivity contribution in [2.24, 2.45) is 0 Å². The molecule has 0 atom stereocenters. The minimum Gasteiger partial charge on any atom is -0.325 e. The summed E-state index contributed by atoms with van der Waals surface area (Å²) in [5.74, 6) is 0.540. The highest BCUT2D eigenvalue weighted by atomic mass is 16.1. The van der Waals surface area contributed by atoms with E-state index in [0.29, 0.717) is 18.6 Å². The number of rotatable bonds is 4. The predicted octanol–water partition coefficient (Wildman–Crippen LogP) is 3.17. The summed E-state index contributed by atoms with van der Waals surface area (Å²) in [6.45, 7) is 5.93. The van der Waals surface area contributed by atoms with Crippen LogP contribution >= 0.6 is 0 Å². The number of aryl methyl sites for hydroxylation is 3. The van der Waals surface area contributed by atoms with Crippen LogP contribution < -0.4 is 5.32 Å². The van der Waals surface area contributed by atoms with Crippen molar-refractivity contribution in [1.29, 1.82) is 0 Å². The molecule has 0 aliphatic heterocycles. The third-order valence-electron chi connectivity index (χ3n) is 4.84. The summed E-state index contributed by atoms with van der Waals surface area (Å²) in [6.07, 6.45) is 4.20. The Kier molecular flexibility index (Phi) is 4.27. The van der Waals surface area contributed by atoms with Crippen molar-refractivity contribution in [3.63, 3.8) is 0 Å². The largest absolute Gasteiger partial charge is 0.325 e. The number of carbonyl (C=O) groups is 1. The molecule has 0 bridgehead atoms. The number of fused-ring (bicyclic) bond motifs is 2. The molecule has 0 unspecified atom stereocenters. The summed E-state index contributed by atoms with van der Waals surface area (Å²) in [6, 6.07) is 7.75. The van der Waals surface area contributed by atoms with Gasteiger partial charge in [0, 0.05) is 29.4 Å². The summed E-state index contributed by atoms with van der Waals surface area (Å²) in [4.78, 5) is 25.6. The molecule has 4 aromatic rings. The molecule has 0 radical (unpaired) electrons. The zero-order valence-electron chi connectivity index (χ0n) is 15.5. The Morgan fingerprint density at radius 1 is 1.15 bits per heavy atom. The highest BCUT2D eigenvalue weighted by molar-refractivity contribution is 6.01. The van der Waals surface area contributed by atoms with Crippen LogP contribution in [0.4, 0.5) is 5.69 Å². The normalized spacial score (nSPS) is 11.2. The first-order valence-corrected chi connectivity index (χ1v) is 8.84. The molecule has 1 N–H and O–H groups in total. The van der Waals surface area contributed by atoms with Crippen molar-refractivity contribution in [1.82, 2.24) is 24.6 Å². The highest BCUT2D eigenvalue weighted by Gasteiger charge is 2.13. The van der Waals surface area contributed by atoms with Gasteiger partial charge in [0.15, 0.2) is 0 Å². The molecule has 0 fully saturated rings. The first-order valence-electron chi connectivity index (χ1n) is 8.84. The van der Waals surface area contributed by atoms with E-state index in [2.05, 4.69) is 25.4 Å². The first-order chi connectivity index (χ1) is 13.0. The number of pyridine rings is 1. The zero-order chi connectivity index (χ0) is 19.0. The smallest absolute Gasteiger partial charge is 0.252 e. The molecule has 0 spiro atoms. The molecular weight excluding hydrogens is 340 g/mol. The minimum atomic E-state index is -0.0403. The average molecular weight is 360 g/mol. The van der Waals surface area contributed by atoms with E-state index in [9.17, 15) is 4.79 Å². The van der Waals surface area contributed by atoms with E-state index in [1.165, 1.54) is 6.33 Å². The van der Waals surface area contributed by atoms with Gasteiger partial charge in [-0.1, -0.05) is 6.07 Å². The Hall–Kier alpha value is -3.35. The van der Waals surface area contributed by atoms with E-state index >= 15 is 0 Å². The monoisotopic (exact) mass is 360 g/mol. The third kappa shape index (κ3) is 3.12. The first kappa shape index (κ1) is 17.1. The molecular formula is C20H20N6O. The van der Waals surface area contributed by atoms with Gasteiger partial charge in [0.05, 0.1) is 11.2 Å². The fourth-order valence-corrected chi connectivity index (χ4v) is 3.39. The van der Waals surface area contributed by atoms with Crippen molar-refractivity contribution in [3.05, 3.63) is 59.3 Å². The van der Waals surface area contributed by atoms with E-state index in [4.69, 9.17) is 0 Å². The van der Waals surface area contributed by atoms with Crippen LogP contribution in [0.5, 0.6) is 0 Å². The van der Waals surface area contributed by atoms with Gasteiger partial charge >= 0.3 is 0 Å². The van der Waals surface area contributed by atoms with Crippen LogP contribution in [-0.2, 0) is 11.2 Å². The summed E-state index contributed by atoms with van der Waals surface area (Å²) in [5.41, 5.74) is 5.65. The number of aromatic nitrogens is 5. The van der Waals surface area contributed by atoms with Crippen LogP contribution in [0.15, 0.2) is 36.8 Å². The van der Waals surface area contributed by atoms with Gasteiger partial charge in [-0.25, -0.2) is 9.50 Å². The number of nitrogens with zero attached hydrogens (tertiary/aromatic N) is 5. The Morgan fingerprint density at radius 3 is 2.85 bits per heavy atom. The van der Waals surface area contributed by atoms with Crippen molar-refractivity contribution in [3.8, 4) is 0 Å². The summed E-state index contributed by atoms with van der Waals surface area (Å²) >= 11 is 0. The van der Waals surface area contributed by atoms with Gasteiger partial charge in [-0.3, -0.25) is 9.78 Å². The number of amides is 1. The number of hydrogen-bond donors (Lipinski definition) is 1. The molecule has 3 aromatic heterocycles. The molecule has 0 saturated heterocycles. The van der Waals surface area contributed by atoms with E-state index in [0.717, 1.165) is 39.1 Å². The van der Waals surface area contributed by atoms with Crippen LogP contribution in [0.3, 0.4) is 0 Å². The molecule has 0 saturated carbocycles. The van der Waals surface area contributed by atoms with Crippen molar-refractivity contribution in [2.45, 2.75) is 33.6 Å². The van der Waals surface area contributed by atoms with Crippen LogP contribution in [0, 0.1) is 20.8 Å². The third-order valence-corrected chi connectivity index (χ3v) is 4.84. The lowest BCUT2D eigenvalue weighted by Crippen LogP contribution is -2.14. The molecule has 3 heterocycles. The Labute approximate surface area is 156 Å². The second-order valence-electron chi connectivity index (χ2n) is 6.61. The molecule has 0 aliphatic carbocycles. The molecule has 0 aliphatic rings. The maximum absolute atomic E-state index is 12.6. The summed E-state index contributed by atoms with van der Waals surface area (Å²) in [7, 11) is 0. The van der Waals surface area contributed by atoms with Crippen molar-refractivity contribution >= 4 is 28.3 Å². The van der Waals surface area contributed by atoms with Crippen LogP contribution in [0.2, 0.25) is 0 Å². The van der Waals surface area contributed by atoms with Gasteiger partial charge in [0.2, 0.25) is 5.91 Å². The van der Waals surface area contributed by atoms with E-state index < -0.39 is 0 Å². The van der Waals surface area contributed by atoms with E-state index in [1.807, 2.05) is 45.0 Å². The minimum absolute atomic E-state index is 0.0403. The molecule has 1 amide bonds. The molecule has 136 valence electrons. The second kappa shape index (κ2) is 6.75. The number of hydrogen-bond acceptors (Lipinski definition) is 5. The van der Waals surface area contributed by atoms with Crippen LogP contribution in [0.1, 0.15) is 28.9 Å². The van der Waals surface area contributed by atoms with Crippen LogP contribution in [-0.4, -0.2) is 30.5 Å². The maximum atomic E-state index is 12.6. The fraction of sp³-hybridized carbons (Fsp3) is 0.250. The van der Waals surface area contributed by atoms with Gasteiger partial charge in [-0.15, -0.1) is 0 Å². The molecule has 27 heavy (non-hydrogen) atoms. The number of carbonyl (C=O) groups excluding carboxylic acids is 1. The lowest BCUT2D eigenvalue weighted by atomic mass is 10.1. The summed E-state index contributed by atoms with van der Waals surface area (Å²) < 4.78 is 1.71. The lowest BCUT2D eigenvalue weighted by Gasteiger charge is -2.12. The predicted molar refractivity (Wildman–Crippen MR) is 104 cm³/mol. The Morgan fingerprint density at radius 2 is 2.00 bits per heavy atom. The molecule has 1 aromatic carbocycles. The van der Waals surface area contributed by atoms with Crippen molar-refractivity contribution < 1.29 is 4.79 Å². The standard InChI is InChI=1S/C20H20N6O/c1-12-6-8-17(16-5-4-10-21-19(12)16)25-18(27)9-7-15-13(2)24-20-22-11-23-26(20)14(15)3/h4-6,8,10-11H,7,9H2,1-3H3,(H,25,27). The molecule has 7 nitrogen and oxygen atoms in total. The molecule has 4 rings (SSSR count). The number of benzene rings is 1. The average Bonchev–Trinajstić information content (AvgIpc) is 3.12. The maximum Gasteiger partial charge on any atom is 0.252 e. The second-order valence-corrected chi connectivity index (χ2v) is 6.61. The Balaban J connectivity index is 1.54. The number of nitrogens with one attached hydrogen (secondary N) is 1. The SMILES string of the molecule is Cc1nc2ncnn2c(C)c1CCC(=O)Nc1ccc(C)c2ncccc12. The van der Waals surface area contributed by atoms with Gasteiger partial charge in [-0.2, -0.15) is 10.1 Å². The lowest BCUT2D eigenvalue weighted by molar-refractivity contribution is -0.116. The topological polar surface area (TPSA) is 85.1 Å². The molecule has 7 heteroatoms. The fourth-order valence-electron chi connectivity index (χ4n) is 3.39. The highest BCUT2D eigenvalue weighted by Crippen LogP contribution is 2.25. The Bertz CT molecular complexity index is 1160. The van der Waals surface area contributed by atoms with Crippen LogP contribution in [0.25, 0.3) is 16.7 Å². The summed E-state index contributed by atoms with van der Waals surface area (Å²) in [5, 5.41) is 8.16.